The SMILES string of the molecule is CN(CCCN1C[C@H](C(=O)O)CC1=O)c1ccccc1. The van der Waals surface area contributed by atoms with Crippen LogP contribution in [0.4, 0.5) is 5.69 Å². The third-order valence-electron chi connectivity index (χ3n) is 3.68. The van der Waals surface area contributed by atoms with Crippen LogP contribution in [0, 0.1) is 5.92 Å². The predicted molar refractivity (Wildman–Crippen MR) is 76.7 cm³/mol. The number of carbonyl (C=O) groups is 2. The summed E-state index contributed by atoms with van der Waals surface area (Å²) in [5, 5.41) is 8.92. The van der Waals surface area contributed by atoms with Crippen LogP contribution in [0.2, 0.25) is 0 Å². The van der Waals surface area contributed by atoms with Crippen LogP contribution in [0.1, 0.15) is 12.8 Å². The maximum atomic E-state index is 11.7. The summed E-state index contributed by atoms with van der Waals surface area (Å²) in [7, 11) is 2.02. The van der Waals surface area contributed by atoms with Gasteiger partial charge >= 0.3 is 5.97 Å². The molecule has 0 spiro atoms. The Morgan fingerprint density at radius 3 is 2.70 bits per heavy atom. The molecule has 0 radical (unpaired) electrons. The highest BCUT2D eigenvalue weighted by atomic mass is 16.4. The molecule has 0 aliphatic carbocycles. The van der Waals surface area contributed by atoms with Gasteiger partial charge in [-0.05, 0) is 18.6 Å². The summed E-state index contributed by atoms with van der Waals surface area (Å²) in [6.45, 7) is 1.81. The summed E-state index contributed by atoms with van der Waals surface area (Å²) >= 11 is 0. The molecule has 5 heteroatoms. The van der Waals surface area contributed by atoms with Gasteiger partial charge in [-0.1, -0.05) is 18.2 Å². The second-order valence-corrected chi connectivity index (χ2v) is 5.19. The van der Waals surface area contributed by atoms with Crippen LogP contribution in [0.15, 0.2) is 30.3 Å². The molecular weight excluding hydrogens is 256 g/mol. The standard InChI is InChI=1S/C15H20N2O3/c1-16(13-6-3-2-4-7-13)8-5-9-17-11-12(15(19)20)10-14(17)18/h2-4,6-7,12H,5,8-11H2,1H3,(H,19,20)/t12-/m1/s1. The van der Waals surface area contributed by atoms with Gasteiger partial charge in [0.1, 0.15) is 0 Å². The van der Waals surface area contributed by atoms with E-state index in [0.717, 1.165) is 18.7 Å². The van der Waals surface area contributed by atoms with Gasteiger partial charge in [-0.25, -0.2) is 0 Å². The number of carbonyl (C=O) groups excluding carboxylic acids is 1. The Kier molecular flexibility index (Phi) is 4.61. The highest BCUT2D eigenvalue weighted by Gasteiger charge is 2.33. The highest BCUT2D eigenvalue weighted by molar-refractivity contribution is 5.86. The van der Waals surface area contributed by atoms with Crippen molar-refractivity contribution < 1.29 is 14.7 Å². The van der Waals surface area contributed by atoms with Crippen molar-refractivity contribution in [3.05, 3.63) is 30.3 Å². The van der Waals surface area contributed by atoms with E-state index in [4.69, 9.17) is 5.11 Å². The molecule has 1 aliphatic heterocycles. The lowest BCUT2D eigenvalue weighted by Crippen LogP contribution is -2.30. The molecule has 108 valence electrons. The number of hydrogen-bond acceptors (Lipinski definition) is 3. The fraction of sp³-hybridized carbons (Fsp3) is 0.467. The Balaban J connectivity index is 1.76. The third kappa shape index (κ3) is 3.50. The first-order valence-corrected chi connectivity index (χ1v) is 6.84. The Morgan fingerprint density at radius 1 is 1.40 bits per heavy atom. The van der Waals surface area contributed by atoms with Gasteiger partial charge in [-0.3, -0.25) is 9.59 Å². The Hall–Kier alpha value is -2.04. The third-order valence-corrected chi connectivity index (χ3v) is 3.68. The Labute approximate surface area is 118 Å². The summed E-state index contributed by atoms with van der Waals surface area (Å²) in [6, 6.07) is 10.1. The summed E-state index contributed by atoms with van der Waals surface area (Å²) in [4.78, 5) is 26.4. The molecule has 0 bridgehead atoms. The van der Waals surface area contributed by atoms with Crippen molar-refractivity contribution >= 4 is 17.6 Å². The van der Waals surface area contributed by atoms with Crippen LogP contribution in [0.5, 0.6) is 0 Å². The van der Waals surface area contributed by atoms with Crippen molar-refractivity contribution in [2.24, 2.45) is 5.92 Å². The van der Waals surface area contributed by atoms with E-state index in [1.54, 1.807) is 4.90 Å². The number of aliphatic carboxylic acids is 1. The van der Waals surface area contributed by atoms with Crippen LogP contribution in [0.3, 0.4) is 0 Å². The van der Waals surface area contributed by atoms with Crippen molar-refractivity contribution in [3.8, 4) is 0 Å². The first-order chi connectivity index (χ1) is 9.58. The van der Waals surface area contributed by atoms with E-state index in [9.17, 15) is 9.59 Å². The van der Waals surface area contributed by atoms with Gasteiger partial charge in [-0.2, -0.15) is 0 Å². The van der Waals surface area contributed by atoms with E-state index in [0.29, 0.717) is 13.1 Å². The molecule has 20 heavy (non-hydrogen) atoms. The monoisotopic (exact) mass is 276 g/mol. The molecule has 1 N–H and O–H groups in total. The molecule has 1 aromatic carbocycles. The molecule has 0 unspecified atom stereocenters. The number of carboxylic acids is 1. The van der Waals surface area contributed by atoms with Crippen molar-refractivity contribution in [3.63, 3.8) is 0 Å². The largest absolute Gasteiger partial charge is 0.481 e. The first kappa shape index (κ1) is 14.4. The maximum Gasteiger partial charge on any atom is 0.308 e. The van der Waals surface area contributed by atoms with Gasteiger partial charge in [0.2, 0.25) is 5.91 Å². The molecule has 1 fully saturated rings. The van der Waals surface area contributed by atoms with Gasteiger partial charge in [-0.15, -0.1) is 0 Å². The maximum absolute atomic E-state index is 11.7. The van der Waals surface area contributed by atoms with Gasteiger partial charge in [0.05, 0.1) is 5.92 Å². The zero-order valence-corrected chi connectivity index (χ0v) is 11.7. The minimum atomic E-state index is -0.873. The molecule has 1 amide bonds. The molecule has 1 aliphatic rings. The minimum Gasteiger partial charge on any atom is -0.481 e. The number of benzene rings is 1. The second kappa shape index (κ2) is 6.41. The van der Waals surface area contributed by atoms with E-state index in [1.165, 1.54) is 0 Å². The molecule has 1 atom stereocenters. The minimum absolute atomic E-state index is 0.0419. The van der Waals surface area contributed by atoms with Crippen molar-refractivity contribution in [2.45, 2.75) is 12.8 Å². The zero-order chi connectivity index (χ0) is 14.5. The number of rotatable bonds is 6. The average Bonchev–Trinajstić information content (AvgIpc) is 2.81. The lowest BCUT2D eigenvalue weighted by Gasteiger charge is -2.21. The summed E-state index contributed by atoms with van der Waals surface area (Å²) < 4.78 is 0. The van der Waals surface area contributed by atoms with Crippen molar-refractivity contribution in [2.75, 3.05) is 31.6 Å². The first-order valence-electron chi connectivity index (χ1n) is 6.84. The fourth-order valence-corrected chi connectivity index (χ4v) is 2.46. The van der Waals surface area contributed by atoms with Gasteiger partial charge < -0.3 is 14.9 Å². The molecule has 1 heterocycles. The van der Waals surface area contributed by atoms with E-state index < -0.39 is 11.9 Å². The predicted octanol–water partition coefficient (Wildman–Crippen LogP) is 1.45. The highest BCUT2D eigenvalue weighted by Crippen LogP contribution is 2.18. The molecule has 0 saturated carbocycles. The summed E-state index contributed by atoms with van der Waals surface area (Å²) in [6.07, 6.45) is 0.979. The van der Waals surface area contributed by atoms with E-state index in [2.05, 4.69) is 4.90 Å². The fourth-order valence-electron chi connectivity index (χ4n) is 2.46. The number of para-hydroxylation sites is 1. The molecule has 1 aromatic rings. The quantitative estimate of drug-likeness (QED) is 0.854. The smallest absolute Gasteiger partial charge is 0.308 e. The average molecular weight is 276 g/mol. The lowest BCUT2D eigenvalue weighted by molar-refractivity contribution is -0.141. The van der Waals surface area contributed by atoms with Crippen LogP contribution in [0.25, 0.3) is 0 Å². The molecule has 5 nitrogen and oxygen atoms in total. The van der Waals surface area contributed by atoms with Crippen molar-refractivity contribution in [1.29, 1.82) is 0 Å². The van der Waals surface area contributed by atoms with Crippen LogP contribution >= 0.6 is 0 Å². The Morgan fingerprint density at radius 2 is 2.10 bits per heavy atom. The number of hydrogen-bond donors (Lipinski definition) is 1. The van der Waals surface area contributed by atoms with E-state index >= 15 is 0 Å². The Bertz CT molecular complexity index is 475. The molecule has 2 rings (SSSR count). The van der Waals surface area contributed by atoms with Gasteiger partial charge in [0.25, 0.3) is 0 Å². The summed E-state index contributed by atoms with van der Waals surface area (Å²) in [5.74, 6) is -1.45. The van der Waals surface area contributed by atoms with Crippen LogP contribution in [-0.2, 0) is 9.59 Å². The topological polar surface area (TPSA) is 60.9 Å². The van der Waals surface area contributed by atoms with E-state index in [1.807, 2.05) is 37.4 Å². The molecular formula is C15H20N2O3. The van der Waals surface area contributed by atoms with Crippen LogP contribution < -0.4 is 4.90 Å². The van der Waals surface area contributed by atoms with Gasteiger partial charge in [0, 0.05) is 38.8 Å². The zero-order valence-electron chi connectivity index (χ0n) is 11.7. The van der Waals surface area contributed by atoms with E-state index in [-0.39, 0.29) is 12.3 Å². The molecule has 0 aromatic heterocycles. The van der Waals surface area contributed by atoms with Gasteiger partial charge in [0.15, 0.2) is 0 Å². The second-order valence-electron chi connectivity index (χ2n) is 5.19. The number of nitrogens with zero attached hydrogens (tertiary/aromatic N) is 2. The lowest BCUT2D eigenvalue weighted by atomic mass is 10.1. The number of anilines is 1. The normalized spacial score (nSPS) is 18.4. The summed E-state index contributed by atoms with van der Waals surface area (Å²) in [5.41, 5.74) is 1.14. The number of likely N-dealkylation sites (tertiary alicyclic amines) is 1. The number of carboxylic acid groups (broad SMARTS) is 1. The molecule has 1 saturated heterocycles. The van der Waals surface area contributed by atoms with Crippen molar-refractivity contribution in [1.82, 2.24) is 4.90 Å². The van der Waals surface area contributed by atoms with Crippen LogP contribution in [-0.4, -0.2) is 48.6 Å². The number of amides is 1.